The van der Waals surface area contributed by atoms with Gasteiger partial charge in [0.1, 0.15) is 0 Å². The molecule has 1 aliphatic heterocycles. The quantitative estimate of drug-likeness (QED) is 0.412. The number of thiocarbonyl (C=S) groups is 1. The molecule has 0 amide bonds. The lowest BCUT2D eigenvalue weighted by Crippen LogP contribution is -2.46. The first kappa shape index (κ1) is 21.8. The minimum atomic E-state index is -0.227. The lowest BCUT2D eigenvalue weighted by Gasteiger charge is -2.37. The molecule has 160 valence electrons. The van der Waals surface area contributed by atoms with E-state index in [9.17, 15) is 0 Å². The van der Waals surface area contributed by atoms with Crippen molar-refractivity contribution in [3.8, 4) is 11.4 Å². The van der Waals surface area contributed by atoms with Crippen LogP contribution in [0.25, 0.3) is 17.0 Å². The zero-order valence-electron chi connectivity index (χ0n) is 17.2. The van der Waals surface area contributed by atoms with Gasteiger partial charge in [0.2, 0.25) is 5.82 Å². The number of hydrogen-bond donors (Lipinski definition) is 1. The van der Waals surface area contributed by atoms with Crippen molar-refractivity contribution in [2.45, 2.75) is 32.7 Å². The Hall–Kier alpha value is -2.41. The van der Waals surface area contributed by atoms with E-state index >= 15 is 0 Å². The van der Waals surface area contributed by atoms with Crippen LogP contribution in [0.5, 0.6) is 0 Å². The first-order chi connectivity index (χ1) is 15.0. The van der Waals surface area contributed by atoms with Gasteiger partial charge >= 0.3 is 0 Å². The highest BCUT2D eigenvalue weighted by molar-refractivity contribution is 7.80. The van der Waals surface area contributed by atoms with Gasteiger partial charge in [-0.3, -0.25) is 0 Å². The summed E-state index contributed by atoms with van der Waals surface area (Å²) < 4.78 is 5.73. The average molecular weight is 473 g/mol. The molecule has 4 rings (SSSR count). The van der Waals surface area contributed by atoms with E-state index in [1.807, 2.05) is 55.5 Å². The normalized spacial score (nSPS) is 16.6. The van der Waals surface area contributed by atoms with Crippen LogP contribution in [0.3, 0.4) is 0 Å². The van der Waals surface area contributed by atoms with Crippen molar-refractivity contribution in [2.75, 3.05) is 6.54 Å². The smallest absolute Gasteiger partial charge is 0.258 e. The highest BCUT2D eigenvalue weighted by Gasteiger charge is 2.33. The standard InChI is InChI=1S/C23H22Cl2N4OS/c1-3-4-12-29-14(2)19(20(26-23(29)31)15-8-10-17(24)11-9-15)22-27-21(28-30-22)16-6-5-7-18(25)13-16/h5-11,13,20H,3-4,12H2,1-2H3,(H,26,31). The van der Waals surface area contributed by atoms with E-state index in [4.69, 9.17) is 44.9 Å². The number of nitrogens with one attached hydrogen (secondary N) is 1. The molecule has 0 radical (unpaired) electrons. The van der Waals surface area contributed by atoms with Gasteiger partial charge in [-0.2, -0.15) is 4.98 Å². The number of aromatic nitrogens is 2. The lowest BCUT2D eigenvalue weighted by atomic mass is 9.94. The van der Waals surface area contributed by atoms with E-state index in [-0.39, 0.29) is 6.04 Å². The van der Waals surface area contributed by atoms with Crippen molar-refractivity contribution >= 4 is 46.1 Å². The summed E-state index contributed by atoms with van der Waals surface area (Å²) in [6.45, 7) is 5.02. The van der Waals surface area contributed by atoms with Crippen LogP contribution in [0.1, 0.15) is 44.2 Å². The zero-order valence-corrected chi connectivity index (χ0v) is 19.6. The molecule has 5 nitrogen and oxygen atoms in total. The average Bonchev–Trinajstić information content (AvgIpc) is 3.23. The van der Waals surface area contributed by atoms with Crippen LogP contribution in [0.15, 0.2) is 58.8 Å². The Kier molecular flexibility index (Phi) is 6.60. The number of nitrogens with zero attached hydrogens (tertiary/aromatic N) is 3. The summed E-state index contributed by atoms with van der Waals surface area (Å²) in [5.74, 6) is 0.935. The van der Waals surface area contributed by atoms with Gasteiger partial charge in [-0.1, -0.05) is 66.0 Å². The zero-order chi connectivity index (χ0) is 22.0. The van der Waals surface area contributed by atoms with Crippen LogP contribution in [0.2, 0.25) is 10.0 Å². The highest BCUT2D eigenvalue weighted by Crippen LogP contribution is 2.38. The molecule has 1 atom stereocenters. The molecule has 0 aliphatic carbocycles. The predicted molar refractivity (Wildman–Crippen MR) is 129 cm³/mol. The van der Waals surface area contributed by atoms with Gasteiger partial charge in [-0.15, -0.1) is 0 Å². The summed E-state index contributed by atoms with van der Waals surface area (Å²) in [4.78, 5) is 6.80. The lowest BCUT2D eigenvalue weighted by molar-refractivity contribution is 0.395. The predicted octanol–water partition coefficient (Wildman–Crippen LogP) is 6.51. The topological polar surface area (TPSA) is 54.2 Å². The Morgan fingerprint density at radius 1 is 1.13 bits per heavy atom. The molecule has 1 unspecified atom stereocenters. The maximum absolute atomic E-state index is 6.14. The fourth-order valence-corrected chi connectivity index (χ4v) is 4.29. The molecule has 1 aliphatic rings. The van der Waals surface area contributed by atoms with Crippen molar-refractivity contribution < 1.29 is 4.52 Å². The van der Waals surface area contributed by atoms with Gasteiger partial charge in [-0.05, 0) is 55.4 Å². The van der Waals surface area contributed by atoms with E-state index in [0.717, 1.165) is 41.8 Å². The number of benzene rings is 2. The van der Waals surface area contributed by atoms with E-state index in [2.05, 4.69) is 22.3 Å². The second-order valence-corrected chi connectivity index (χ2v) is 8.63. The molecule has 0 bridgehead atoms. The van der Waals surface area contributed by atoms with Crippen LogP contribution in [0, 0.1) is 0 Å². The number of halogens is 2. The first-order valence-corrected chi connectivity index (χ1v) is 11.3. The van der Waals surface area contributed by atoms with Gasteiger partial charge < -0.3 is 14.7 Å². The molecule has 8 heteroatoms. The largest absolute Gasteiger partial charge is 0.351 e. The SMILES string of the molecule is CCCCN1C(=S)NC(c2ccc(Cl)cc2)C(c2nc(-c3cccc(Cl)c3)no2)=C1C. The van der Waals surface area contributed by atoms with Crippen molar-refractivity contribution in [1.82, 2.24) is 20.4 Å². The number of rotatable bonds is 6. The van der Waals surface area contributed by atoms with Crippen LogP contribution < -0.4 is 5.32 Å². The third kappa shape index (κ3) is 4.61. The minimum Gasteiger partial charge on any atom is -0.351 e. The third-order valence-electron chi connectivity index (χ3n) is 5.27. The van der Waals surface area contributed by atoms with Crippen LogP contribution >= 0.6 is 35.4 Å². The maximum Gasteiger partial charge on any atom is 0.258 e. The molecular formula is C23H22Cl2N4OS. The van der Waals surface area contributed by atoms with Gasteiger partial charge in [0.05, 0.1) is 11.6 Å². The molecule has 2 aromatic carbocycles. The van der Waals surface area contributed by atoms with Crippen molar-refractivity contribution in [1.29, 1.82) is 0 Å². The Balaban J connectivity index is 1.80. The Labute approximate surface area is 197 Å². The molecule has 2 heterocycles. The van der Waals surface area contributed by atoms with Crippen molar-refractivity contribution in [3.63, 3.8) is 0 Å². The Bertz CT molecular complexity index is 1130. The van der Waals surface area contributed by atoms with Gasteiger partial charge in [0, 0.05) is 27.9 Å². The van der Waals surface area contributed by atoms with Gasteiger partial charge in [0.25, 0.3) is 5.89 Å². The second-order valence-electron chi connectivity index (χ2n) is 7.37. The summed E-state index contributed by atoms with van der Waals surface area (Å²) >= 11 is 17.9. The molecular weight excluding hydrogens is 451 g/mol. The number of allylic oxidation sites excluding steroid dienone is 1. The number of hydrogen-bond acceptors (Lipinski definition) is 4. The molecule has 0 fully saturated rings. The third-order valence-corrected chi connectivity index (χ3v) is 6.10. The van der Waals surface area contributed by atoms with Crippen LogP contribution in [-0.4, -0.2) is 26.7 Å². The van der Waals surface area contributed by atoms with E-state index in [0.29, 0.717) is 26.9 Å². The minimum absolute atomic E-state index is 0.227. The fraction of sp³-hybridized carbons (Fsp3) is 0.261. The summed E-state index contributed by atoms with van der Waals surface area (Å²) in [6.07, 6.45) is 2.09. The molecule has 1 aromatic heterocycles. The highest BCUT2D eigenvalue weighted by atomic mass is 35.5. The van der Waals surface area contributed by atoms with Gasteiger partial charge in [-0.25, -0.2) is 0 Å². The first-order valence-electron chi connectivity index (χ1n) is 10.1. The maximum atomic E-state index is 6.14. The monoisotopic (exact) mass is 472 g/mol. The summed E-state index contributed by atoms with van der Waals surface area (Å²) in [7, 11) is 0. The molecule has 0 saturated carbocycles. The van der Waals surface area contributed by atoms with E-state index in [1.54, 1.807) is 0 Å². The molecule has 31 heavy (non-hydrogen) atoms. The van der Waals surface area contributed by atoms with Gasteiger partial charge in [0.15, 0.2) is 5.11 Å². The Morgan fingerprint density at radius 2 is 1.90 bits per heavy atom. The van der Waals surface area contributed by atoms with Crippen molar-refractivity contribution in [3.05, 3.63) is 75.7 Å². The van der Waals surface area contributed by atoms with Crippen molar-refractivity contribution in [2.24, 2.45) is 0 Å². The molecule has 3 aromatic rings. The van der Waals surface area contributed by atoms with E-state index < -0.39 is 0 Å². The Morgan fingerprint density at radius 3 is 2.61 bits per heavy atom. The second kappa shape index (κ2) is 9.39. The molecule has 0 saturated heterocycles. The summed E-state index contributed by atoms with van der Waals surface area (Å²) in [5, 5.41) is 9.64. The molecule has 0 spiro atoms. The summed E-state index contributed by atoms with van der Waals surface area (Å²) in [5.41, 5.74) is 3.70. The van der Waals surface area contributed by atoms with E-state index in [1.165, 1.54) is 0 Å². The molecule has 1 N–H and O–H groups in total. The van der Waals surface area contributed by atoms with Crippen LogP contribution in [-0.2, 0) is 0 Å². The van der Waals surface area contributed by atoms with Crippen LogP contribution in [0.4, 0.5) is 0 Å². The number of unbranched alkanes of at least 4 members (excludes halogenated alkanes) is 1. The summed E-state index contributed by atoms with van der Waals surface area (Å²) in [6, 6.07) is 14.9. The fourth-order valence-electron chi connectivity index (χ4n) is 3.63.